The normalized spacial score (nSPS) is 10.8. The summed E-state index contributed by atoms with van der Waals surface area (Å²) in [7, 11) is 0. The highest BCUT2D eigenvalue weighted by atomic mass is 32.2. The number of hydrogen-bond acceptors (Lipinski definition) is 6. The third-order valence-electron chi connectivity index (χ3n) is 4.14. The van der Waals surface area contributed by atoms with Gasteiger partial charge in [0.25, 0.3) is 0 Å². The largest absolute Gasteiger partial charge is 0.463 e. The predicted molar refractivity (Wildman–Crippen MR) is 111 cm³/mol. The lowest BCUT2D eigenvalue weighted by atomic mass is 10.2. The molecular weight excluding hydrogens is 386 g/mol. The summed E-state index contributed by atoms with van der Waals surface area (Å²) in [4.78, 5) is 12.1. The van der Waals surface area contributed by atoms with Crippen LogP contribution >= 0.6 is 11.8 Å². The number of thioether (sulfide) groups is 1. The number of nitrogens with zero attached hydrogens (tertiary/aromatic N) is 5. The molecule has 0 aliphatic carbocycles. The highest BCUT2D eigenvalue weighted by Gasteiger charge is 2.17. The van der Waals surface area contributed by atoms with E-state index in [9.17, 15) is 4.79 Å². The summed E-state index contributed by atoms with van der Waals surface area (Å²) in [6, 6.07) is 21.5. The molecule has 0 aliphatic heterocycles. The van der Waals surface area contributed by atoms with Crippen LogP contribution in [0.25, 0.3) is 17.1 Å². The fourth-order valence-electron chi connectivity index (χ4n) is 2.80. The van der Waals surface area contributed by atoms with Gasteiger partial charge in [0, 0.05) is 23.6 Å². The summed E-state index contributed by atoms with van der Waals surface area (Å²) in [5.41, 5.74) is 1.89. The summed E-state index contributed by atoms with van der Waals surface area (Å²) in [5.74, 6) is 0.580. The van der Waals surface area contributed by atoms with Gasteiger partial charge in [-0.15, -0.1) is 10.2 Å². The number of rotatable bonds is 8. The first-order chi connectivity index (χ1) is 14.3. The molecule has 2 heterocycles. The average Bonchev–Trinajstić information content (AvgIpc) is 3.43. The summed E-state index contributed by atoms with van der Waals surface area (Å²) in [6.45, 7) is 0.809. The van der Waals surface area contributed by atoms with Gasteiger partial charge in [-0.2, -0.15) is 5.10 Å². The zero-order valence-corrected chi connectivity index (χ0v) is 16.4. The highest BCUT2D eigenvalue weighted by molar-refractivity contribution is 7.99. The summed E-state index contributed by atoms with van der Waals surface area (Å²) < 4.78 is 8.97. The molecule has 0 bridgehead atoms. The molecule has 0 saturated heterocycles. The predicted octanol–water partition coefficient (Wildman–Crippen LogP) is 3.47. The zero-order chi connectivity index (χ0) is 19.9. The molecule has 146 valence electrons. The van der Waals surface area contributed by atoms with Crippen LogP contribution in [0, 0.1) is 0 Å². The topological polar surface area (TPSA) is 74.8 Å². The second kappa shape index (κ2) is 9.20. The van der Waals surface area contributed by atoms with E-state index < -0.39 is 0 Å². The van der Waals surface area contributed by atoms with Gasteiger partial charge in [0.15, 0.2) is 11.0 Å². The van der Waals surface area contributed by atoms with E-state index in [-0.39, 0.29) is 18.3 Å². The number of ether oxygens (including phenoxy) is 1. The van der Waals surface area contributed by atoms with Crippen molar-refractivity contribution in [3.05, 3.63) is 79.1 Å². The van der Waals surface area contributed by atoms with Crippen molar-refractivity contribution < 1.29 is 9.53 Å². The van der Waals surface area contributed by atoms with Gasteiger partial charge in [0.2, 0.25) is 0 Å². The second-order valence-corrected chi connectivity index (χ2v) is 7.06. The van der Waals surface area contributed by atoms with Crippen LogP contribution in [0.1, 0.15) is 0 Å². The molecule has 0 radical (unpaired) electrons. The third-order valence-corrected chi connectivity index (χ3v) is 5.04. The second-order valence-electron chi connectivity index (χ2n) is 6.12. The Hall–Kier alpha value is -3.39. The molecule has 4 aromatic rings. The van der Waals surface area contributed by atoms with E-state index in [0.29, 0.717) is 11.7 Å². The standard InChI is InChI=1S/C21H19N5O2S/c27-19(28-15-14-25-13-7-12-22-25)16-29-21-24-23-20(17-8-3-1-4-9-17)26(21)18-10-5-2-6-11-18/h1-13H,14-16H2. The van der Waals surface area contributed by atoms with Crippen LogP contribution < -0.4 is 0 Å². The minimum Gasteiger partial charge on any atom is -0.463 e. The van der Waals surface area contributed by atoms with Gasteiger partial charge in [-0.3, -0.25) is 14.0 Å². The zero-order valence-electron chi connectivity index (χ0n) is 15.6. The highest BCUT2D eigenvalue weighted by Crippen LogP contribution is 2.27. The molecule has 0 unspecified atom stereocenters. The van der Waals surface area contributed by atoms with Gasteiger partial charge in [-0.1, -0.05) is 60.3 Å². The molecular formula is C21H19N5O2S. The van der Waals surface area contributed by atoms with Crippen molar-refractivity contribution in [2.75, 3.05) is 12.4 Å². The van der Waals surface area contributed by atoms with E-state index in [2.05, 4.69) is 15.3 Å². The van der Waals surface area contributed by atoms with Gasteiger partial charge < -0.3 is 4.74 Å². The number of para-hydroxylation sites is 1. The minimum absolute atomic E-state index is 0.152. The number of carbonyl (C=O) groups is 1. The average molecular weight is 405 g/mol. The van der Waals surface area contributed by atoms with Crippen molar-refractivity contribution in [1.82, 2.24) is 24.5 Å². The van der Waals surface area contributed by atoms with Crippen molar-refractivity contribution in [3.63, 3.8) is 0 Å². The maximum atomic E-state index is 12.1. The maximum absolute atomic E-state index is 12.1. The Labute approximate surface area is 172 Å². The van der Waals surface area contributed by atoms with E-state index >= 15 is 0 Å². The third kappa shape index (κ3) is 4.72. The first-order valence-electron chi connectivity index (χ1n) is 9.13. The van der Waals surface area contributed by atoms with Gasteiger partial charge in [0.1, 0.15) is 6.61 Å². The van der Waals surface area contributed by atoms with Gasteiger partial charge >= 0.3 is 5.97 Å². The van der Waals surface area contributed by atoms with E-state index in [1.54, 1.807) is 10.9 Å². The fraction of sp³-hybridized carbons (Fsp3) is 0.143. The number of hydrogen-bond donors (Lipinski definition) is 0. The number of aromatic nitrogens is 5. The Morgan fingerprint density at radius 3 is 2.45 bits per heavy atom. The molecule has 7 nitrogen and oxygen atoms in total. The lowest BCUT2D eigenvalue weighted by Gasteiger charge is -2.10. The smallest absolute Gasteiger partial charge is 0.316 e. The fourth-order valence-corrected chi connectivity index (χ4v) is 3.55. The van der Waals surface area contributed by atoms with Crippen molar-refractivity contribution in [3.8, 4) is 17.1 Å². The number of carbonyl (C=O) groups excluding carboxylic acids is 1. The first kappa shape index (κ1) is 18.9. The van der Waals surface area contributed by atoms with Crippen molar-refractivity contribution in [2.24, 2.45) is 0 Å². The van der Waals surface area contributed by atoms with Crippen LogP contribution in [-0.2, 0) is 16.1 Å². The van der Waals surface area contributed by atoms with Gasteiger partial charge in [-0.25, -0.2) is 0 Å². The molecule has 0 aliphatic rings. The Bertz CT molecular complexity index is 1050. The molecule has 8 heteroatoms. The monoisotopic (exact) mass is 405 g/mol. The quantitative estimate of drug-likeness (QED) is 0.330. The molecule has 0 N–H and O–H groups in total. The number of esters is 1. The van der Waals surface area contributed by atoms with Crippen molar-refractivity contribution >= 4 is 17.7 Å². The van der Waals surface area contributed by atoms with E-state index in [1.165, 1.54) is 11.8 Å². The molecule has 0 fully saturated rings. The Balaban J connectivity index is 1.47. The first-order valence-corrected chi connectivity index (χ1v) is 10.1. The molecule has 0 saturated carbocycles. The lowest BCUT2D eigenvalue weighted by Crippen LogP contribution is -2.13. The van der Waals surface area contributed by atoms with Crippen LogP contribution in [0.4, 0.5) is 0 Å². The summed E-state index contributed by atoms with van der Waals surface area (Å²) in [5, 5.41) is 13.4. The van der Waals surface area contributed by atoms with E-state index in [4.69, 9.17) is 4.74 Å². The molecule has 2 aromatic carbocycles. The molecule has 4 rings (SSSR count). The van der Waals surface area contributed by atoms with Gasteiger partial charge in [0.05, 0.1) is 12.3 Å². The minimum atomic E-state index is -0.300. The van der Waals surface area contributed by atoms with Crippen molar-refractivity contribution in [1.29, 1.82) is 0 Å². The SMILES string of the molecule is O=C(CSc1nnc(-c2ccccc2)n1-c1ccccc1)OCCn1cccn1. The van der Waals surface area contributed by atoms with Crippen LogP contribution in [0.15, 0.2) is 84.3 Å². The summed E-state index contributed by atoms with van der Waals surface area (Å²) >= 11 is 1.31. The van der Waals surface area contributed by atoms with Gasteiger partial charge in [-0.05, 0) is 18.2 Å². The molecule has 29 heavy (non-hydrogen) atoms. The Kier molecular flexibility index (Phi) is 6.01. The van der Waals surface area contributed by atoms with Crippen LogP contribution in [0.2, 0.25) is 0 Å². The number of benzene rings is 2. The van der Waals surface area contributed by atoms with E-state index in [1.807, 2.05) is 77.5 Å². The molecule has 0 amide bonds. The van der Waals surface area contributed by atoms with Crippen LogP contribution in [0.5, 0.6) is 0 Å². The molecule has 2 aromatic heterocycles. The summed E-state index contributed by atoms with van der Waals surface area (Å²) in [6.07, 6.45) is 3.52. The lowest BCUT2D eigenvalue weighted by molar-refractivity contribution is -0.140. The van der Waals surface area contributed by atoms with E-state index in [0.717, 1.165) is 17.1 Å². The van der Waals surface area contributed by atoms with Crippen LogP contribution in [0.3, 0.4) is 0 Å². The molecule has 0 spiro atoms. The molecule has 0 atom stereocenters. The van der Waals surface area contributed by atoms with Crippen LogP contribution in [-0.4, -0.2) is 42.9 Å². The van der Waals surface area contributed by atoms with Crippen molar-refractivity contribution in [2.45, 2.75) is 11.7 Å². The Morgan fingerprint density at radius 1 is 0.966 bits per heavy atom. The maximum Gasteiger partial charge on any atom is 0.316 e. The Morgan fingerprint density at radius 2 is 1.72 bits per heavy atom.